The summed E-state index contributed by atoms with van der Waals surface area (Å²) in [6, 6.07) is 10.3. The molecule has 1 aromatic heterocycles. The molecular weight excluding hydrogens is 425 g/mol. The fourth-order valence-electron chi connectivity index (χ4n) is 3.24. The summed E-state index contributed by atoms with van der Waals surface area (Å²) in [7, 11) is 0. The van der Waals surface area contributed by atoms with Crippen molar-refractivity contribution in [1.82, 2.24) is 10.2 Å². The third kappa shape index (κ3) is 6.63. The average molecular weight is 451 g/mol. The highest BCUT2D eigenvalue weighted by Crippen LogP contribution is 2.30. The van der Waals surface area contributed by atoms with Gasteiger partial charge in [-0.15, -0.1) is 36.2 Å². The number of hydrogen-bond donors (Lipinski definition) is 2. The van der Waals surface area contributed by atoms with Gasteiger partial charge in [-0.1, -0.05) is 23.7 Å². The lowest BCUT2D eigenvalue weighted by Crippen LogP contribution is -2.40. The maximum absolute atomic E-state index is 12.0. The van der Waals surface area contributed by atoms with Crippen LogP contribution in [0.25, 0.3) is 0 Å². The maximum Gasteiger partial charge on any atom is 0.220 e. The van der Waals surface area contributed by atoms with E-state index in [9.17, 15) is 4.79 Å². The van der Waals surface area contributed by atoms with Crippen LogP contribution < -0.4 is 11.1 Å². The molecule has 3 rings (SSSR count). The molecule has 1 unspecified atom stereocenters. The van der Waals surface area contributed by atoms with Gasteiger partial charge in [-0.3, -0.25) is 9.69 Å². The molecule has 150 valence electrons. The molecule has 0 saturated heterocycles. The number of thiophene rings is 1. The monoisotopic (exact) mass is 449 g/mol. The Morgan fingerprint density at radius 1 is 1.26 bits per heavy atom. The summed E-state index contributed by atoms with van der Waals surface area (Å²) < 4.78 is 0. The first-order valence-electron chi connectivity index (χ1n) is 8.69. The molecule has 0 saturated carbocycles. The minimum Gasteiger partial charge on any atom is -0.354 e. The van der Waals surface area contributed by atoms with Crippen molar-refractivity contribution in [2.75, 3.05) is 19.6 Å². The fraction of sp³-hybridized carbons (Fsp3) is 0.421. The van der Waals surface area contributed by atoms with E-state index in [1.165, 1.54) is 16.0 Å². The number of benzene rings is 1. The number of halogens is 3. The third-order valence-electron chi connectivity index (χ3n) is 4.63. The summed E-state index contributed by atoms with van der Waals surface area (Å²) in [4.78, 5) is 16.0. The summed E-state index contributed by atoms with van der Waals surface area (Å²) in [6.45, 7) is 3.07. The second-order valence-electron chi connectivity index (χ2n) is 6.35. The summed E-state index contributed by atoms with van der Waals surface area (Å²) in [5.41, 5.74) is 8.08. The van der Waals surface area contributed by atoms with Gasteiger partial charge in [0, 0.05) is 36.0 Å². The Labute approximate surface area is 182 Å². The third-order valence-corrected chi connectivity index (χ3v) is 5.91. The van der Waals surface area contributed by atoms with Gasteiger partial charge in [-0.05, 0) is 54.1 Å². The van der Waals surface area contributed by atoms with Crippen LogP contribution in [-0.2, 0) is 17.8 Å². The Balaban J connectivity index is 0.00000182. The lowest BCUT2D eigenvalue weighted by Gasteiger charge is -2.35. The second-order valence-corrected chi connectivity index (χ2v) is 7.79. The Morgan fingerprint density at radius 2 is 2.00 bits per heavy atom. The molecular formula is C19H26Cl3N3OS. The van der Waals surface area contributed by atoms with Crippen LogP contribution in [0.4, 0.5) is 0 Å². The predicted molar refractivity (Wildman–Crippen MR) is 118 cm³/mol. The number of carbonyl (C=O) groups is 1. The van der Waals surface area contributed by atoms with Crippen LogP contribution in [-0.4, -0.2) is 30.4 Å². The first-order chi connectivity index (χ1) is 12.2. The maximum atomic E-state index is 12.0. The van der Waals surface area contributed by atoms with Crippen LogP contribution in [0.15, 0.2) is 35.7 Å². The van der Waals surface area contributed by atoms with E-state index in [1.807, 2.05) is 23.5 Å². The fourth-order valence-corrected chi connectivity index (χ4v) is 4.26. The first kappa shape index (κ1) is 24.2. The zero-order valence-corrected chi connectivity index (χ0v) is 18.2. The average Bonchev–Trinajstić information content (AvgIpc) is 3.09. The van der Waals surface area contributed by atoms with E-state index in [-0.39, 0.29) is 36.8 Å². The van der Waals surface area contributed by atoms with E-state index < -0.39 is 0 Å². The van der Waals surface area contributed by atoms with Crippen LogP contribution in [0.5, 0.6) is 0 Å². The van der Waals surface area contributed by atoms with Gasteiger partial charge in [0.25, 0.3) is 0 Å². The minimum atomic E-state index is 0. The number of nitrogens with one attached hydrogen (secondary N) is 1. The topological polar surface area (TPSA) is 58.4 Å². The molecule has 1 amide bonds. The lowest BCUT2D eigenvalue weighted by atomic mass is 10.0. The van der Waals surface area contributed by atoms with Crippen molar-refractivity contribution in [3.05, 3.63) is 56.7 Å². The molecule has 0 bridgehead atoms. The molecule has 1 aromatic carbocycles. The van der Waals surface area contributed by atoms with Crippen molar-refractivity contribution in [3.63, 3.8) is 0 Å². The van der Waals surface area contributed by atoms with Crippen LogP contribution in [0.2, 0.25) is 5.02 Å². The molecule has 4 nitrogen and oxygen atoms in total. The molecule has 1 aliphatic rings. The first-order valence-corrected chi connectivity index (χ1v) is 9.94. The van der Waals surface area contributed by atoms with Crippen molar-refractivity contribution in [2.24, 2.45) is 5.73 Å². The molecule has 0 spiro atoms. The highest BCUT2D eigenvalue weighted by Gasteiger charge is 2.25. The molecule has 8 heteroatoms. The molecule has 3 N–H and O–H groups in total. The molecule has 1 aliphatic heterocycles. The predicted octanol–water partition coefficient (Wildman–Crippen LogP) is 4.20. The normalized spacial score (nSPS) is 14.4. The molecule has 0 radical (unpaired) electrons. The lowest BCUT2D eigenvalue weighted by molar-refractivity contribution is -0.121. The van der Waals surface area contributed by atoms with Gasteiger partial charge in [0.2, 0.25) is 5.91 Å². The Kier molecular flexibility index (Phi) is 10.7. The minimum absolute atomic E-state index is 0. The van der Waals surface area contributed by atoms with Gasteiger partial charge in [0.15, 0.2) is 0 Å². The Bertz CT molecular complexity index is 708. The van der Waals surface area contributed by atoms with Crippen molar-refractivity contribution < 1.29 is 4.79 Å². The highest BCUT2D eigenvalue weighted by atomic mass is 35.5. The van der Waals surface area contributed by atoms with Crippen LogP contribution in [0.1, 0.15) is 34.9 Å². The van der Waals surface area contributed by atoms with Gasteiger partial charge < -0.3 is 11.1 Å². The van der Waals surface area contributed by atoms with E-state index in [0.717, 1.165) is 31.0 Å². The van der Waals surface area contributed by atoms with Crippen molar-refractivity contribution in [3.8, 4) is 0 Å². The standard InChI is InChI=1S/C19H24ClN3OS.2ClH/c20-16-5-3-14(4-6-16)17(12-22-19(24)2-1-9-21)23-10-7-18-15(13-23)8-11-25-18;;/h3-6,8,11,17H,1-2,7,9-10,12-13,21H2,(H,22,24);2*1H. The van der Waals surface area contributed by atoms with Gasteiger partial charge in [-0.25, -0.2) is 0 Å². The molecule has 27 heavy (non-hydrogen) atoms. The van der Waals surface area contributed by atoms with Crippen molar-refractivity contribution in [2.45, 2.75) is 31.8 Å². The summed E-state index contributed by atoms with van der Waals surface area (Å²) >= 11 is 7.88. The summed E-state index contributed by atoms with van der Waals surface area (Å²) in [5.74, 6) is 0.0673. The van der Waals surface area contributed by atoms with Gasteiger partial charge in [0.1, 0.15) is 0 Å². The van der Waals surface area contributed by atoms with Gasteiger partial charge in [-0.2, -0.15) is 0 Å². The number of nitrogens with two attached hydrogens (primary N) is 1. The van der Waals surface area contributed by atoms with Crippen LogP contribution >= 0.6 is 47.8 Å². The Morgan fingerprint density at radius 3 is 2.70 bits per heavy atom. The van der Waals surface area contributed by atoms with E-state index in [4.69, 9.17) is 17.3 Å². The number of nitrogens with zero attached hydrogens (tertiary/aromatic N) is 1. The summed E-state index contributed by atoms with van der Waals surface area (Å²) in [5, 5.41) is 5.98. The van der Waals surface area contributed by atoms with Crippen LogP contribution in [0.3, 0.4) is 0 Å². The number of carbonyl (C=O) groups excluding carboxylic acids is 1. The molecule has 0 aliphatic carbocycles. The molecule has 2 heterocycles. The number of hydrogen-bond acceptors (Lipinski definition) is 4. The van der Waals surface area contributed by atoms with Crippen molar-refractivity contribution >= 4 is 53.7 Å². The van der Waals surface area contributed by atoms with Crippen LogP contribution in [0, 0.1) is 0 Å². The van der Waals surface area contributed by atoms with Gasteiger partial charge >= 0.3 is 0 Å². The molecule has 0 fully saturated rings. The van der Waals surface area contributed by atoms with Gasteiger partial charge in [0.05, 0.1) is 6.04 Å². The molecule has 1 atom stereocenters. The summed E-state index contributed by atoms with van der Waals surface area (Å²) in [6.07, 6.45) is 2.27. The van der Waals surface area contributed by atoms with E-state index >= 15 is 0 Å². The SMILES string of the molecule is Cl.Cl.NCCCC(=O)NCC(c1ccc(Cl)cc1)N1CCc2sccc2C1. The van der Waals surface area contributed by atoms with Crippen molar-refractivity contribution in [1.29, 1.82) is 0 Å². The van der Waals surface area contributed by atoms with E-state index in [2.05, 4.69) is 33.8 Å². The number of amides is 1. The number of rotatable bonds is 7. The van der Waals surface area contributed by atoms with E-state index in [1.54, 1.807) is 0 Å². The quantitative estimate of drug-likeness (QED) is 0.664. The van der Waals surface area contributed by atoms with E-state index in [0.29, 0.717) is 19.5 Å². The largest absolute Gasteiger partial charge is 0.354 e. The zero-order valence-electron chi connectivity index (χ0n) is 15.0. The second kappa shape index (κ2) is 11.9. The smallest absolute Gasteiger partial charge is 0.220 e. The highest BCUT2D eigenvalue weighted by molar-refractivity contribution is 7.10. The zero-order chi connectivity index (χ0) is 17.6. The number of fused-ring (bicyclic) bond motifs is 1. The molecule has 2 aromatic rings. The Hall–Kier alpha value is -0.820.